The van der Waals surface area contributed by atoms with Crippen molar-refractivity contribution in [3.63, 3.8) is 0 Å². The Morgan fingerprint density at radius 3 is 2.60 bits per heavy atom. The lowest BCUT2D eigenvalue weighted by atomic mass is 10.2. The SMILES string of the molecule is COCCn1c(-c2ccc(Br)cc2)csc1=Nc1ccc(F)cc1F. The van der Waals surface area contributed by atoms with Crippen molar-refractivity contribution in [2.75, 3.05) is 13.7 Å². The summed E-state index contributed by atoms with van der Waals surface area (Å²) in [5.41, 5.74) is 2.10. The van der Waals surface area contributed by atoms with Crippen molar-refractivity contribution in [1.29, 1.82) is 0 Å². The summed E-state index contributed by atoms with van der Waals surface area (Å²) in [7, 11) is 1.63. The minimum Gasteiger partial charge on any atom is -0.383 e. The number of nitrogens with zero attached hydrogens (tertiary/aromatic N) is 2. The van der Waals surface area contributed by atoms with Crippen molar-refractivity contribution < 1.29 is 13.5 Å². The fraction of sp³-hybridized carbons (Fsp3) is 0.167. The van der Waals surface area contributed by atoms with Gasteiger partial charge in [-0.25, -0.2) is 13.8 Å². The van der Waals surface area contributed by atoms with Crippen LogP contribution in [0.25, 0.3) is 11.3 Å². The van der Waals surface area contributed by atoms with Crippen molar-refractivity contribution in [3.05, 3.63) is 68.8 Å². The van der Waals surface area contributed by atoms with Crippen LogP contribution in [-0.2, 0) is 11.3 Å². The van der Waals surface area contributed by atoms with Gasteiger partial charge in [0.2, 0.25) is 0 Å². The van der Waals surface area contributed by atoms with Crippen LogP contribution >= 0.6 is 27.3 Å². The standard InChI is InChI=1S/C18H15BrF2N2OS/c1-24-9-8-23-17(12-2-4-13(19)5-3-12)11-25-18(23)22-16-7-6-14(20)10-15(16)21/h2-7,10-11H,8-9H2,1H3. The number of methoxy groups -OCH3 is 1. The lowest BCUT2D eigenvalue weighted by molar-refractivity contribution is 0.187. The van der Waals surface area contributed by atoms with Crippen molar-refractivity contribution in [2.45, 2.75) is 6.54 Å². The number of benzene rings is 2. The zero-order valence-electron chi connectivity index (χ0n) is 13.4. The maximum absolute atomic E-state index is 13.9. The summed E-state index contributed by atoms with van der Waals surface area (Å²) in [5.74, 6) is -1.30. The first-order valence-electron chi connectivity index (χ1n) is 7.51. The average Bonchev–Trinajstić information content (AvgIpc) is 2.99. The van der Waals surface area contributed by atoms with Crippen molar-refractivity contribution in [2.24, 2.45) is 4.99 Å². The molecule has 0 aliphatic carbocycles. The smallest absolute Gasteiger partial charge is 0.190 e. The highest BCUT2D eigenvalue weighted by molar-refractivity contribution is 9.10. The molecule has 7 heteroatoms. The van der Waals surface area contributed by atoms with Crippen molar-refractivity contribution in [1.82, 2.24) is 4.57 Å². The molecule has 1 heterocycles. The highest BCUT2D eigenvalue weighted by atomic mass is 79.9. The van der Waals surface area contributed by atoms with E-state index in [4.69, 9.17) is 4.74 Å². The number of ether oxygens (including phenoxy) is 1. The molecule has 0 radical (unpaired) electrons. The molecule has 3 rings (SSSR count). The molecule has 3 aromatic rings. The number of halogens is 3. The third-order valence-corrected chi connectivity index (χ3v) is 4.97. The number of hydrogen-bond donors (Lipinski definition) is 0. The van der Waals surface area contributed by atoms with Crippen LogP contribution in [-0.4, -0.2) is 18.3 Å². The van der Waals surface area contributed by atoms with Crippen LogP contribution in [0.4, 0.5) is 14.5 Å². The Labute approximate surface area is 156 Å². The van der Waals surface area contributed by atoms with Crippen LogP contribution in [0.1, 0.15) is 0 Å². The summed E-state index contributed by atoms with van der Waals surface area (Å²) in [6.07, 6.45) is 0. The maximum atomic E-state index is 13.9. The van der Waals surface area contributed by atoms with Gasteiger partial charge in [0.1, 0.15) is 11.5 Å². The van der Waals surface area contributed by atoms with Crippen LogP contribution in [0, 0.1) is 11.6 Å². The molecule has 0 saturated heterocycles. The van der Waals surface area contributed by atoms with E-state index in [1.54, 1.807) is 7.11 Å². The molecule has 2 aromatic carbocycles. The van der Waals surface area contributed by atoms with E-state index in [1.807, 2.05) is 34.2 Å². The Balaban J connectivity index is 2.10. The van der Waals surface area contributed by atoms with Gasteiger partial charge in [-0.3, -0.25) is 0 Å². The largest absolute Gasteiger partial charge is 0.383 e. The quantitative estimate of drug-likeness (QED) is 0.556. The van der Waals surface area contributed by atoms with Gasteiger partial charge in [-0.05, 0) is 29.8 Å². The molecule has 0 fully saturated rings. The third-order valence-electron chi connectivity index (χ3n) is 3.58. The van der Waals surface area contributed by atoms with E-state index in [0.717, 1.165) is 21.8 Å². The Hall–Kier alpha value is -1.83. The van der Waals surface area contributed by atoms with Crippen LogP contribution in [0.15, 0.2) is 57.3 Å². The lowest BCUT2D eigenvalue weighted by Gasteiger charge is -2.09. The minimum absolute atomic E-state index is 0.108. The van der Waals surface area contributed by atoms with Crippen LogP contribution in [0.2, 0.25) is 0 Å². The summed E-state index contributed by atoms with van der Waals surface area (Å²) in [5, 5.41) is 1.97. The maximum Gasteiger partial charge on any atom is 0.190 e. The molecule has 0 bridgehead atoms. The highest BCUT2D eigenvalue weighted by Crippen LogP contribution is 2.23. The predicted molar refractivity (Wildman–Crippen MR) is 98.9 cm³/mol. The number of hydrogen-bond acceptors (Lipinski definition) is 3. The van der Waals surface area contributed by atoms with Crippen molar-refractivity contribution in [3.8, 4) is 11.3 Å². The second kappa shape index (κ2) is 8.03. The summed E-state index contributed by atoms with van der Waals surface area (Å²) in [6.45, 7) is 1.08. The number of aromatic nitrogens is 1. The van der Waals surface area contributed by atoms with Crippen LogP contribution in [0.3, 0.4) is 0 Å². The second-order valence-electron chi connectivity index (χ2n) is 5.26. The molecular formula is C18H15BrF2N2OS. The first-order chi connectivity index (χ1) is 12.1. The topological polar surface area (TPSA) is 26.5 Å². The Bertz CT molecular complexity index is 935. The molecule has 0 aliphatic heterocycles. The summed E-state index contributed by atoms with van der Waals surface area (Å²) < 4.78 is 35.2. The van der Waals surface area contributed by atoms with Gasteiger partial charge in [0.25, 0.3) is 0 Å². The Morgan fingerprint density at radius 1 is 1.16 bits per heavy atom. The zero-order chi connectivity index (χ0) is 17.8. The molecule has 0 spiro atoms. The molecular weight excluding hydrogens is 410 g/mol. The summed E-state index contributed by atoms with van der Waals surface area (Å²) >= 11 is 4.83. The van der Waals surface area contributed by atoms with E-state index in [0.29, 0.717) is 18.0 Å². The average molecular weight is 425 g/mol. The first-order valence-corrected chi connectivity index (χ1v) is 9.19. The molecule has 0 atom stereocenters. The molecule has 0 aliphatic rings. The zero-order valence-corrected chi connectivity index (χ0v) is 15.8. The fourth-order valence-corrected chi connectivity index (χ4v) is 3.56. The second-order valence-corrected chi connectivity index (χ2v) is 7.01. The van der Waals surface area contributed by atoms with Gasteiger partial charge in [0.15, 0.2) is 10.6 Å². The third kappa shape index (κ3) is 4.23. The molecule has 3 nitrogen and oxygen atoms in total. The molecule has 130 valence electrons. The molecule has 0 amide bonds. The van der Waals surface area contributed by atoms with Crippen molar-refractivity contribution >= 4 is 33.0 Å². The van der Waals surface area contributed by atoms with E-state index in [2.05, 4.69) is 20.9 Å². The lowest BCUT2D eigenvalue weighted by Crippen LogP contribution is -2.18. The van der Waals surface area contributed by atoms with Gasteiger partial charge in [-0.2, -0.15) is 0 Å². The van der Waals surface area contributed by atoms with E-state index in [1.165, 1.54) is 23.5 Å². The van der Waals surface area contributed by atoms with Gasteiger partial charge in [0.05, 0.1) is 12.3 Å². The van der Waals surface area contributed by atoms with E-state index in [9.17, 15) is 8.78 Å². The molecule has 0 unspecified atom stereocenters. The van der Waals surface area contributed by atoms with Gasteiger partial charge in [0, 0.05) is 29.6 Å². The molecule has 0 saturated carbocycles. The molecule has 25 heavy (non-hydrogen) atoms. The van der Waals surface area contributed by atoms with E-state index >= 15 is 0 Å². The Kier molecular flexibility index (Phi) is 5.78. The van der Waals surface area contributed by atoms with Gasteiger partial charge in [-0.15, -0.1) is 11.3 Å². The van der Waals surface area contributed by atoms with Crippen LogP contribution < -0.4 is 4.80 Å². The fourth-order valence-electron chi connectivity index (χ4n) is 2.34. The highest BCUT2D eigenvalue weighted by Gasteiger charge is 2.09. The Morgan fingerprint density at radius 2 is 1.92 bits per heavy atom. The molecule has 0 N–H and O–H groups in total. The number of rotatable bonds is 5. The van der Waals surface area contributed by atoms with Gasteiger partial charge in [-0.1, -0.05) is 28.1 Å². The monoisotopic (exact) mass is 424 g/mol. The summed E-state index contributed by atoms with van der Waals surface area (Å²) in [6, 6.07) is 11.3. The van der Waals surface area contributed by atoms with Crippen LogP contribution in [0.5, 0.6) is 0 Å². The first kappa shape index (κ1) is 18.0. The number of thiazole rings is 1. The van der Waals surface area contributed by atoms with E-state index < -0.39 is 11.6 Å². The van der Waals surface area contributed by atoms with E-state index in [-0.39, 0.29) is 5.69 Å². The summed E-state index contributed by atoms with van der Waals surface area (Å²) in [4.78, 5) is 5.00. The predicted octanol–water partition coefficient (Wildman–Crippen LogP) is 5.14. The molecule has 1 aromatic heterocycles. The normalized spacial score (nSPS) is 11.9. The van der Waals surface area contributed by atoms with Gasteiger partial charge >= 0.3 is 0 Å². The van der Waals surface area contributed by atoms with Gasteiger partial charge < -0.3 is 9.30 Å². The minimum atomic E-state index is -0.683.